The SMILES string of the molecule is COC(=O)c1ccc2c(c1)C(C)(C)C(/C=C/c1sc(N3CCOCC3)nc1-c1ccccc1)N2. The summed E-state index contributed by atoms with van der Waals surface area (Å²) in [4.78, 5) is 20.5. The first kappa shape index (κ1) is 22.6. The Hall–Kier alpha value is -3.16. The van der Waals surface area contributed by atoms with Crippen LogP contribution in [0.3, 0.4) is 0 Å². The van der Waals surface area contributed by atoms with Crippen LogP contribution in [0.25, 0.3) is 17.3 Å². The zero-order valence-electron chi connectivity index (χ0n) is 19.7. The highest BCUT2D eigenvalue weighted by molar-refractivity contribution is 7.16. The van der Waals surface area contributed by atoms with E-state index < -0.39 is 0 Å². The molecule has 2 aliphatic rings. The molecule has 3 aromatic rings. The van der Waals surface area contributed by atoms with Crippen LogP contribution in [-0.4, -0.2) is 50.4 Å². The number of nitrogens with one attached hydrogen (secondary N) is 1. The number of carbonyl (C=O) groups is 1. The molecule has 0 radical (unpaired) electrons. The van der Waals surface area contributed by atoms with Gasteiger partial charge < -0.3 is 19.7 Å². The fourth-order valence-corrected chi connectivity index (χ4v) is 5.61. The molecule has 6 nitrogen and oxygen atoms in total. The number of aromatic nitrogens is 1. The summed E-state index contributed by atoms with van der Waals surface area (Å²) in [5, 5.41) is 4.66. The van der Waals surface area contributed by atoms with Crippen LogP contribution in [0, 0.1) is 0 Å². The van der Waals surface area contributed by atoms with Crippen LogP contribution in [-0.2, 0) is 14.9 Å². The van der Waals surface area contributed by atoms with Gasteiger partial charge in [-0.3, -0.25) is 0 Å². The van der Waals surface area contributed by atoms with Gasteiger partial charge in [0.15, 0.2) is 5.13 Å². The van der Waals surface area contributed by atoms with Crippen molar-refractivity contribution in [2.24, 2.45) is 0 Å². The van der Waals surface area contributed by atoms with Crippen molar-refractivity contribution in [3.05, 3.63) is 70.6 Å². The summed E-state index contributed by atoms with van der Waals surface area (Å²) in [6, 6.07) is 16.1. The molecule has 1 fully saturated rings. The third-order valence-corrected chi connectivity index (χ3v) is 7.72. The molecule has 0 amide bonds. The first-order valence-electron chi connectivity index (χ1n) is 11.5. The number of rotatable bonds is 5. The molecular formula is C27H29N3O3S. The summed E-state index contributed by atoms with van der Waals surface area (Å²) in [5.74, 6) is -0.314. The van der Waals surface area contributed by atoms with E-state index in [2.05, 4.69) is 48.3 Å². The van der Waals surface area contributed by atoms with Crippen molar-refractivity contribution in [3.8, 4) is 11.3 Å². The molecule has 2 aromatic carbocycles. The summed E-state index contributed by atoms with van der Waals surface area (Å²) in [6.45, 7) is 7.59. The van der Waals surface area contributed by atoms with E-state index in [0.717, 1.165) is 58.8 Å². The quantitative estimate of drug-likeness (QED) is 0.511. The molecule has 1 unspecified atom stereocenters. The van der Waals surface area contributed by atoms with Crippen molar-refractivity contribution in [2.45, 2.75) is 25.3 Å². The maximum atomic E-state index is 12.0. The van der Waals surface area contributed by atoms with Gasteiger partial charge in [-0.15, -0.1) is 0 Å². The second kappa shape index (κ2) is 9.24. The van der Waals surface area contributed by atoms with Crippen molar-refractivity contribution >= 4 is 34.2 Å². The van der Waals surface area contributed by atoms with Crippen LogP contribution in [0.4, 0.5) is 10.8 Å². The smallest absolute Gasteiger partial charge is 0.337 e. The lowest BCUT2D eigenvalue weighted by atomic mass is 9.80. The summed E-state index contributed by atoms with van der Waals surface area (Å²) in [5.41, 5.74) is 4.66. The standard InChI is InChI=1S/C27H29N3O3S/c1-27(2)20-17-19(25(31)32-3)9-10-21(20)28-23(27)12-11-22-24(18-7-5-4-6-8-18)29-26(34-22)30-13-15-33-16-14-30/h4-12,17,23,28H,13-16H2,1-3H3/b12-11+. The highest BCUT2D eigenvalue weighted by Gasteiger charge is 2.38. The normalized spacial score (nSPS) is 19.1. The third kappa shape index (κ3) is 4.21. The molecule has 34 heavy (non-hydrogen) atoms. The van der Waals surface area contributed by atoms with Gasteiger partial charge in [0.1, 0.15) is 0 Å². The van der Waals surface area contributed by atoms with Gasteiger partial charge in [-0.05, 0) is 29.8 Å². The number of nitrogens with zero attached hydrogens (tertiary/aromatic N) is 2. The molecule has 0 saturated carbocycles. The van der Waals surface area contributed by atoms with Gasteiger partial charge in [0, 0.05) is 29.8 Å². The number of ether oxygens (including phenoxy) is 2. The molecule has 5 rings (SSSR count). The molecule has 3 heterocycles. The van der Waals surface area contributed by atoms with Crippen molar-refractivity contribution in [3.63, 3.8) is 0 Å². The molecule has 0 spiro atoms. The number of esters is 1. The van der Waals surface area contributed by atoms with Gasteiger partial charge in [-0.25, -0.2) is 9.78 Å². The minimum atomic E-state index is -0.314. The number of benzene rings is 2. The average Bonchev–Trinajstić information content (AvgIpc) is 3.41. The van der Waals surface area contributed by atoms with E-state index in [1.165, 1.54) is 7.11 Å². The van der Waals surface area contributed by atoms with Crippen LogP contribution in [0.15, 0.2) is 54.6 Å². The molecule has 176 valence electrons. The van der Waals surface area contributed by atoms with E-state index in [-0.39, 0.29) is 17.4 Å². The van der Waals surface area contributed by atoms with Crippen molar-refractivity contribution < 1.29 is 14.3 Å². The lowest BCUT2D eigenvalue weighted by Gasteiger charge is -2.26. The second-order valence-corrected chi connectivity index (χ2v) is 10.1. The van der Waals surface area contributed by atoms with Gasteiger partial charge in [0.05, 0.1) is 42.5 Å². The summed E-state index contributed by atoms with van der Waals surface area (Å²) in [7, 11) is 1.41. The van der Waals surface area contributed by atoms with Gasteiger partial charge in [-0.2, -0.15) is 0 Å². The third-order valence-electron chi connectivity index (χ3n) is 6.63. The van der Waals surface area contributed by atoms with Gasteiger partial charge in [0.2, 0.25) is 0 Å². The summed E-state index contributed by atoms with van der Waals surface area (Å²) < 4.78 is 10.4. The topological polar surface area (TPSA) is 63.7 Å². The lowest BCUT2D eigenvalue weighted by molar-refractivity contribution is 0.0600. The first-order valence-corrected chi connectivity index (χ1v) is 12.4. The first-order chi connectivity index (χ1) is 16.5. The molecule has 0 aliphatic carbocycles. The van der Waals surface area contributed by atoms with Crippen LogP contribution in [0.2, 0.25) is 0 Å². The minimum absolute atomic E-state index is 0.0768. The Bertz CT molecular complexity index is 1210. The average molecular weight is 476 g/mol. The molecular weight excluding hydrogens is 446 g/mol. The molecule has 1 N–H and O–H groups in total. The summed E-state index contributed by atoms with van der Waals surface area (Å²) in [6.07, 6.45) is 4.41. The fourth-order valence-electron chi connectivity index (χ4n) is 4.56. The lowest BCUT2D eigenvalue weighted by Crippen LogP contribution is -2.36. The van der Waals surface area contributed by atoms with Crippen molar-refractivity contribution in [1.29, 1.82) is 0 Å². The number of fused-ring (bicyclic) bond motifs is 1. The number of methoxy groups -OCH3 is 1. The van der Waals surface area contributed by atoms with Crippen molar-refractivity contribution in [2.75, 3.05) is 43.6 Å². The maximum Gasteiger partial charge on any atom is 0.337 e. The van der Waals surface area contributed by atoms with E-state index in [4.69, 9.17) is 14.5 Å². The van der Waals surface area contributed by atoms with Crippen LogP contribution in [0.5, 0.6) is 0 Å². The number of hydrogen-bond donors (Lipinski definition) is 1. The van der Waals surface area contributed by atoms with E-state index in [1.54, 1.807) is 11.3 Å². The van der Waals surface area contributed by atoms with Crippen LogP contribution in [0.1, 0.15) is 34.6 Å². The number of carbonyl (C=O) groups excluding carboxylic acids is 1. The highest BCUT2D eigenvalue weighted by Crippen LogP contribution is 2.43. The minimum Gasteiger partial charge on any atom is -0.465 e. The van der Waals surface area contributed by atoms with Crippen molar-refractivity contribution in [1.82, 2.24) is 4.98 Å². The molecule has 0 bridgehead atoms. The van der Waals surface area contributed by atoms with E-state index in [9.17, 15) is 4.79 Å². The Kier molecular flexibility index (Phi) is 6.15. The Morgan fingerprint density at radius 3 is 2.71 bits per heavy atom. The Balaban J connectivity index is 1.46. The summed E-state index contributed by atoms with van der Waals surface area (Å²) >= 11 is 1.72. The second-order valence-electron chi connectivity index (χ2n) is 9.13. The zero-order chi connectivity index (χ0) is 23.7. The largest absolute Gasteiger partial charge is 0.465 e. The van der Waals surface area contributed by atoms with Gasteiger partial charge >= 0.3 is 5.97 Å². The predicted octanol–water partition coefficient (Wildman–Crippen LogP) is 5.22. The number of hydrogen-bond acceptors (Lipinski definition) is 7. The molecule has 1 atom stereocenters. The highest BCUT2D eigenvalue weighted by atomic mass is 32.1. The maximum absolute atomic E-state index is 12.0. The number of anilines is 2. The Morgan fingerprint density at radius 2 is 1.97 bits per heavy atom. The van der Waals surface area contributed by atoms with Gasteiger partial charge in [-0.1, -0.05) is 61.6 Å². The Morgan fingerprint density at radius 1 is 1.21 bits per heavy atom. The predicted molar refractivity (Wildman–Crippen MR) is 138 cm³/mol. The van der Waals surface area contributed by atoms with Crippen LogP contribution < -0.4 is 10.2 Å². The zero-order valence-corrected chi connectivity index (χ0v) is 20.5. The Labute approximate surface area is 204 Å². The number of morpholine rings is 1. The van der Waals surface area contributed by atoms with E-state index in [1.807, 2.05) is 36.4 Å². The molecule has 1 aromatic heterocycles. The van der Waals surface area contributed by atoms with E-state index in [0.29, 0.717) is 5.56 Å². The molecule has 7 heteroatoms. The fraction of sp³-hybridized carbons (Fsp3) is 0.333. The van der Waals surface area contributed by atoms with E-state index >= 15 is 0 Å². The number of thiazole rings is 1. The van der Waals surface area contributed by atoms with Gasteiger partial charge in [0.25, 0.3) is 0 Å². The monoisotopic (exact) mass is 475 g/mol. The molecule has 1 saturated heterocycles. The molecule has 2 aliphatic heterocycles. The van der Waals surface area contributed by atoms with Crippen LogP contribution >= 0.6 is 11.3 Å².